The summed E-state index contributed by atoms with van der Waals surface area (Å²) in [6.45, 7) is 3.22. The number of primary amides is 1. The van der Waals surface area contributed by atoms with Gasteiger partial charge in [0.25, 0.3) is 11.8 Å². The standard InChI is InChI=1S/C19H23N3O3S/c1-2-14-12-26-18(21-14)13-6-5-9-22(10-13)19(24)15-7-3-4-8-16(15)25-11-17(20)23/h3-4,7-8,12-13H,2,5-6,9-11H2,1H3,(H2,20,23). The normalized spacial score (nSPS) is 17.1. The highest BCUT2D eigenvalue weighted by atomic mass is 32.1. The third kappa shape index (κ3) is 4.22. The summed E-state index contributed by atoms with van der Waals surface area (Å²) in [5, 5.41) is 3.21. The second-order valence-corrected chi connectivity index (χ2v) is 7.26. The lowest BCUT2D eigenvalue weighted by Gasteiger charge is -2.32. The van der Waals surface area contributed by atoms with E-state index in [4.69, 9.17) is 10.5 Å². The van der Waals surface area contributed by atoms with Gasteiger partial charge in [0.05, 0.1) is 16.3 Å². The topological polar surface area (TPSA) is 85.5 Å². The molecule has 1 aliphatic heterocycles. The number of hydrogen-bond acceptors (Lipinski definition) is 5. The lowest BCUT2D eigenvalue weighted by atomic mass is 9.98. The molecule has 0 aliphatic carbocycles. The highest BCUT2D eigenvalue weighted by Crippen LogP contribution is 2.31. The molecule has 3 rings (SSSR count). The fourth-order valence-corrected chi connectivity index (χ4v) is 4.16. The first-order valence-corrected chi connectivity index (χ1v) is 9.70. The van der Waals surface area contributed by atoms with Crippen LogP contribution < -0.4 is 10.5 Å². The fraction of sp³-hybridized carbons (Fsp3) is 0.421. The molecular weight excluding hydrogens is 350 g/mol. The van der Waals surface area contributed by atoms with E-state index in [-0.39, 0.29) is 18.4 Å². The van der Waals surface area contributed by atoms with E-state index in [0.29, 0.717) is 24.4 Å². The first-order valence-electron chi connectivity index (χ1n) is 8.82. The van der Waals surface area contributed by atoms with Gasteiger partial charge in [0.1, 0.15) is 5.75 Å². The molecule has 0 saturated carbocycles. The number of thiazole rings is 1. The van der Waals surface area contributed by atoms with Crippen LogP contribution in [-0.2, 0) is 11.2 Å². The van der Waals surface area contributed by atoms with Crippen molar-refractivity contribution in [1.82, 2.24) is 9.88 Å². The number of carbonyl (C=O) groups is 2. The van der Waals surface area contributed by atoms with Gasteiger partial charge in [0.2, 0.25) is 0 Å². The Hall–Kier alpha value is -2.41. The van der Waals surface area contributed by atoms with Gasteiger partial charge < -0.3 is 15.4 Å². The number of aromatic nitrogens is 1. The smallest absolute Gasteiger partial charge is 0.257 e. The average molecular weight is 373 g/mol. The molecule has 7 heteroatoms. The van der Waals surface area contributed by atoms with E-state index in [1.165, 1.54) is 0 Å². The van der Waals surface area contributed by atoms with Gasteiger partial charge in [-0.05, 0) is 31.4 Å². The van der Waals surface area contributed by atoms with Crippen molar-refractivity contribution in [3.05, 3.63) is 45.9 Å². The van der Waals surface area contributed by atoms with E-state index >= 15 is 0 Å². The predicted molar refractivity (Wildman–Crippen MR) is 101 cm³/mol. The van der Waals surface area contributed by atoms with Crippen LogP contribution >= 0.6 is 11.3 Å². The van der Waals surface area contributed by atoms with Crippen LogP contribution in [0.1, 0.15) is 46.7 Å². The fourth-order valence-electron chi connectivity index (χ4n) is 3.12. The van der Waals surface area contributed by atoms with Crippen molar-refractivity contribution in [2.75, 3.05) is 19.7 Å². The zero-order chi connectivity index (χ0) is 18.5. The number of amides is 2. The van der Waals surface area contributed by atoms with Gasteiger partial charge >= 0.3 is 0 Å². The predicted octanol–water partition coefficient (Wildman–Crippen LogP) is 2.59. The maximum atomic E-state index is 13.0. The van der Waals surface area contributed by atoms with Crippen molar-refractivity contribution in [3.8, 4) is 5.75 Å². The summed E-state index contributed by atoms with van der Waals surface area (Å²) in [6.07, 6.45) is 2.92. The molecule has 26 heavy (non-hydrogen) atoms. The van der Waals surface area contributed by atoms with E-state index in [1.54, 1.807) is 35.6 Å². The van der Waals surface area contributed by atoms with E-state index in [0.717, 1.165) is 30.0 Å². The van der Waals surface area contributed by atoms with Crippen LogP contribution in [0, 0.1) is 0 Å². The number of hydrogen-bond donors (Lipinski definition) is 1. The maximum absolute atomic E-state index is 13.0. The summed E-state index contributed by atoms with van der Waals surface area (Å²) in [6, 6.07) is 6.97. The lowest BCUT2D eigenvalue weighted by Crippen LogP contribution is -2.39. The molecule has 1 unspecified atom stereocenters. The molecule has 138 valence electrons. The highest BCUT2D eigenvalue weighted by Gasteiger charge is 2.28. The molecule has 0 bridgehead atoms. The Morgan fingerprint density at radius 1 is 1.38 bits per heavy atom. The van der Waals surface area contributed by atoms with E-state index in [1.807, 2.05) is 4.90 Å². The number of likely N-dealkylation sites (tertiary alicyclic amines) is 1. The molecule has 1 aromatic heterocycles. The summed E-state index contributed by atoms with van der Waals surface area (Å²) in [5.74, 6) is 0.0143. The van der Waals surface area contributed by atoms with Crippen LogP contribution in [0.3, 0.4) is 0 Å². The molecule has 2 N–H and O–H groups in total. The number of aryl methyl sites for hydroxylation is 1. The average Bonchev–Trinajstić information content (AvgIpc) is 3.15. The second-order valence-electron chi connectivity index (χ2n) is 6.37. The minimum absolute atomic E-state index is 0.0814. The Kier molecular flexibility index (Phi) is 5.88. The Bertz CT molecular complexity index is 790. The zero-order valence-corrected chi connectivity index (χ0v) is 15.6. The number of ether oxygens (including phenoxy) is 1. The molecule has 1 atom stereocenters. The Morgan fingerprint density at radius 3 is 2.92 bits per heavy atom. The Balaban J connectivity index is 1.74. The van der Waals surface area contributed by atoms with Gasteiger partial charge in [-0.25, -0.2) is 4.98 Å². The largest absolute Gasteiger partial charge is 0.483 e. The monoisotopic (exact) mass is 373 g/mol. The number of nitrogens with zero attached hydrogens (tertiary/aromatic N) is 2. The molecule has 2 aromatic rings. The molecular formula is C19H23N3O3S. The van der Waals surface area contributed by atoms with E-state index < -0.39 is 5.91 Å². The molecule has 1 aliphatic rings. The molecule has 2 heterocycles. The van der Waals surface area contributed by atoms with Crippen LogP contribution in [0.25, 0.3) is 0 Å². The van der Waals surface area contributed by atoms with Crippen molar-refractivity contribution in [2.45, 2.75) is 32.1 Å². The third-order valence-electron chi connectivity index (χ3n) is 4.48. The number of rotatable bonds is 6. The first kappa shape index (κ1) is 18.4. The minimum atomic E-state index is -0.569. The summed E-state index contributed by atoms with van der Waals surface area (Å²) >= 11 is 1.68. The molecule has 1 aromatic carbocycles. The van der Waals surface area contributed by atoms with Crippen molar-refractivity contribution >= 4 is 23.2 Å². The number of piperidine rings is 1. The van der Waals surface area contributed by atoms with Gasteiger partial charge in [0, 0.05) is 24.4 Å². The van der Waals surface area contributed by atoms with Gasteiger partial charge in [-0.3, -0.25) is 9.59 Å². The highest BCUT2D eigenvalue weighted by molar-refractivity contribution is 7.09. The SMILES string of the molecule is CCc1csc(C2CCCN(C(=O)c3ccccc3OCC(N)=O)C2)n1. The van der Waals surface area contributed by atoms with Gasteiger partial charge in [-0.1, -0.05) is 19.1 Å². The van der Waals surface area contributed by atoms with Gasteiger partial charge in [-0.15, -0.1) is 11.3 Å². The molecule has 6 nitrogen and oxygen atoms in total. The number of benzene rings is 1. The first-order chi connectivity index (χ1) is 12.6. The number of para-hydroxylation sites is 1. The number of nitrogens with two attached hydrogens (primary N) is 1. The Labute approximate surface area is 157 Å². The molecule has 0 spiro atoms. The molecule has 0 radical (unpaired) electrons. The van der Waals surface area contributed by atoms with E-state index in [2.05, 4.69) is 17.3 Å². The quantitative estimate of drug-likeness (QED) is 0.843. The summed E-state index contributed by atoms with van der Waals surface area (Å²) in [4.78, 5) is 30.5. The van der Waals surface area contributed by atoms with E-state index in [9.17, 15) is 9.59 Å². The summed E-state index contributed by atoms with van der Waals surface area (Å²) in [7, 11) is 0. The van der Waals surface area contributed by atoms with Crippen LogP contribution in [0.2, 0.25) is 0 Å². The van der Waals surface area contributed by atoms with Crippen LogP contribution in [0.5, 0.6) is 5.75 Å². The molecule has 2 amide bonds. The minimum Gasteiger partial charge on any atom is -0.483 e. The summed E-state index contributed by atoms with van der Waals surface area (Å²) in [5.41, 5.74) is 6.71. The lowest BCUT2D eigenvalue weighted by molar-refractivity contribution is -0.119. The zero-order valence-electron chi connectivity index (χ0n) is 14.8. The number of carbonyl (C=O) groups excluding carboxylic acids is 2. The van der Waals surface area contributed by atoms with Crippen LogP contribution in [0.4, 0.5) is 0 Å². The Morgan fingerprint density at radius 2 is 2.19 bits per heavy atom. The van der Waals surface area contributed by atoms with Gasteiger partial charge in [-0.2, -0.15) is 0 Å². The third-order valence-corrected chi connectivity index (χ3v) is 5.53. The van der Waals surface area contributed by atoms with Crippen LogP contribution in [0.15, 0.2) is 29.6 Å². The second kappa shape index (κ2) is 8.31. The van der Waals surface area contributed by atoms with Crippen LogP contribution in [-0.4, -0.2) is 41.4 Å². The van der Waals surface area contributed by atoms with Crippen molar-refractivity contribution in [1.29, 1.82) is 0 Å². The van der Waals surface area contributed by atoms with Crippen molar-refractivity contribution in [3.63, 3.8) is 0 Å². The van der Waals surface area contributed by atoms with Gasteiger partial charge in [0.15, 0.2) is 6.61 Å². The van der Waals surface area contributed by atoms with Crippen molar-refractivity contribution in [2.24, 2.45) is 5.73 Å². The molecule has 1 fully saturated rings. The molecule has 1 saturated heterocycles. The van der Waals surface area contributed by atoms with Crippen molar-refractivity contribution < 1.29 is 14.3 Å². The summed E-state index contributed by atoms with van der Waals surface area (Å²) < 4.78 is 5.41. The maximum Gasteiger partial charge on any atom is 0.257 e.